The molecule has 0 unspecified atom stereocenters. The molecule has 1 fully saturated rings. The van der Waals surface area contributed by atoms with Crippen LogP contribution in [0.15, 0.2) is 132 Å². The summed E-state index contributed by atoms with van der Waals surface area (Å²) in [6.07, 6.45) is 5.56. The van der Waals surface area contributed by atoms with Crippen molar-refractivity contribution in [2.75, 3.05) is 13.7 Å². The molecule has 234 valence electrons. The Bertz CT molecular complexity index is 2110. The zero-order valence-corrected chi connectivity index (χ0v) is 26.7. The number of aromatic nitrogens is 1. The van der Waals surface area contributed by atoms with E-state index in [2.05, 4.69) is 78.2 Å². The molecule has 0 aliphatic carbocycles. The number of amides is 1. The lowest BCUT2D eigenvalue weighted by Gasteiger charge is -2.14. The Labute approximate surface area is 275 Å². The van der Waals surface area contributed by atoms with Gasteiger partial charge in [0, 0.05) is 23.0 Å². The highest BCUT2D eigenvalue weighted by atomic mass is 16.5. The predicted octanol–water partition coefficient (Wildman–Crippen LogP) is 9.27. The van der Waals surface area contributed by atoms with Crippen LogP contribution in [-0.4, -0.2) is 35.1 Å². The molecule has 0 bridgehead atoms. The first-order chi connectivity index (χ1) is 23.1. The highest BCUT2D eigenvalue weighted by Gasteiger charge is 2.35. The van der Waals surface area contributed by atoms with E-state index < -0.39 is 0 Å². The summed E-state index contributed by atoms with van der Waals surface area (Å²) in [7, 11) is 1.66. The molecule has 1 saturated heterocycles. The third-order valence-corrected chi connectivity index (χ3v) is 8.69. The van der Waals surface area contributed by atoms with Gasteiger partial charge in [-0.3, -0.25) is 9.69 Å². The summed E-state index contributed by atoms with van der Waals surface area (Å²) in [5, 5.41) is 2.26. The first-order valence-corrected chi connectivity index (χ1v) is 16.2. The van der Waals surface area contributed by atoms with Crippen molar-refractivity contribution in [3.05, 3.63) is 144 Å². The molecule has 1 aromatic heterocycles. The lowest BCUT2D eigenvalue weighted by molar-refractivity contribution is -0.122. The van der Waals surface area contributed by atoms with Gasteiger partial charge in [-0.2, -0.15) is 4.99 Å². The summed E-state index contributed by atoms with van der Waals surface area (Å²) in [6, 6.07) is 41.4. The van der Waals surface area contributed by atoms with Gasteiger partial charge in [0.25, 0.3) is 5.91 Å². The summed E-state index contributed by atoms with van der Waals surface area (Å²) in [5.74, 6) is 0.861. The van der Waals surface area contributed by atoms with Crippen LogP contribution in [0, 0.1) is 0 Å². The van der Waals surface area contributed by atoms with Gasteiger partial charge in [-0.15, -0.1) is 0 Å². The van der Waals surface area contributed by atoms with Crippen LogP contribution in [0.5, 0.6) is 5.75 Å². The fraction of sp³-hybridized carbons (Fsp3) is 0.171. The monoisotopic (exact) mass is 619 g/mol. The first-order valence-electron chi connectivity index (χ1n) is 16.2. The summed E-state index contributed by atoms with van der Waals surface area (Å²) >= 11 is 0. The van der Waals surface area contributed by atoms with Crippen molar-refractivity contribution in [2.24, 2.45) is 4.99 Å². The maximum Gasteiger partial charge on any atom is 0.305 e. The first kappa shape index (κ1) is 30.1. The number of ether oxygens (including phenoxy) is 2. The smallest absolute Gasteiger partial charge is 0.305 e. The fourth-order valence-electron chi connectivity index (χ4n) is 6.21. The third kappa shape index (κ3) is 6.15. The van der Waals surface area contributed by atoms with Gasteiger partial charge in [0.05, 0.1) is 23.8 Å². The molecule has 1 aliphatic rings. The Morgan fingerprint density at radius 3 is 2.34 bits per heavy atom. The number of carbonyl (C=O) groups is 1. The Balaban J connectivity index is 1.26. The third-order valence-electron chi connectivity index (χ3n) is 8.69. The second kappa shape index (κ2) is 13.4. The summed E-state index contributed by atoms with van der Waals surface area (Å²) in [4.78, 5) is 20.6. The van der Waals surface area contributed by atoms with Crippen LogP contribution < -0.4 is 4.74 Å². The van der Waals surface area contributed by atoms with Gasteiger partial charge in [0.1, 0.15) is 5.75 Å². The zero-order valence-electron chi connectivity index (χ0n) is 26.7. The van der Waals surface area contributed by atoms with Gasteiger partial charge in [-0.05, 0) is 90.6 Å². The van der Waals surface area contributed by atoms with Crippen LogP contribution in [0.3, 0.4) is 0 Å². The van der Waals surface area contributed by atoms with Gasteiger partial charge >= 0.3 is 6.02 Å². The molecule has 47 heavy (non-hydrogen) atoms. The largest absolute Gasteiger partial charge is 0.497 e. The molecule has 0 saturated carbocycles. The Morgan fingerprint density at radius 2 is 1.53 bits per heavy atom. The molecular weight excluding hydrogens is 582 g/mol. The second-order valence-corrected chi connectivity index (χ2v) is 11.8. The van der Waals surface area contributed by atoms with E-state index in [1.54, 1.807) is 12.0 Å². The molecular formula is C41H37N3O3. The van der Waals surface area contributed by atoms with Crippen LogP contribution in [0.2, 0.25) is 0 Å². The van der Waals surface area contributed by atoms with Crippen LogP contribution in [0.1, 0.15) is 36.5 Å². The van der Waals surface area contributed by atoms with Crippen LogP contribution in [0.4, 0.5) is 5.69 Å². The van der Waals surface area contributed by atoms with Crippen LogP contribution in [-0.2, 0) is 22.4 Å². The number of amidine groups is 1. The number of benzene rings is 5. The minimum absolute atomic E-state index is 0.199. The number of unbranched alkanes of at least 4 members (excludes halogenated alkanes) is 1. The van der Waals surface area contributed by atoms with E-state index >= 15 is 0 Å². The van der Waals surface area contributed by atoms with Crippen molar-refractivity contribution in [3.8, 4) is 11.4 Å². The minimum atomic E-state index is -0.199. The minimum Gasteiger partial charge on any atom is -0.497 e. The van der Waals surface area contributed by atoms with E-state index in [-0.39, 0.29) is 11.7 Å². The van der Waals surface area contributed by atoms with Gasteiger partial charge in [0.15, 0.2) is 5.76 Å². The molecule has 0 N–H and O–H groups in total. The highest BCUT2D eigenvalue weighted by Crippen LogP contribution is 2.34. The standard InChI is InChI=1S/C41H37N3O3/c1-3-4-12-31-13-8-10-17-36(31)42-41-43(26-25-29-19-22-33(46-2)23-20-29)40(45)39(47-41)28-30-21-24-38-35(27-30)34-16-9-11-18-37(34)44(38)32-14-6-5-7-15-32/h5-11,13-24,27-28H,3-4,12,25-26H2,1-2H3/b39-28+,42-41-. The lowest BCUT2D eigenvalue weighted by Crippen LogP contribution is -2.31. The molecule has 0 atom stereocenters. The topological polar surface area (TPSA) is 56.1 Å². The average molecular weight is 620 g/mol. The number of fused-ring (bicyclic) bond motifs is 3. The average Bonchev–Trinajstić information content (AvgIpc) is 3.60. The quantitative estimate of drug-likeness (QED) is 0.144. The Morgan fingerprint density at radius 1 is 0.787 bits per heavy atom. The highest BCUT2D eigenvalue weighted by molar-refractivity contribution is 6.13. The van der Waals surface area contributed by atoms with E-state index in [0.717, 1.165) is 74.9 Å². The predicted molar refractivity (Wildman–Crippen MR) is 190 cm³/mol. The van der Waals surface area contributed by atoms with E-state index in [4.69, 9.17) is 14.5 Å². The second-order valence-electron chi connectivity index (χ2n) is 11.8. The van der Waals surface area contributed by atoms with Gasteiger partial charge in [-0.25, -0.2) is 0 Å². The van der Waals surface area contributed by atoms with Crippen molar-refractivity contribution in [2.45, 2.75) is 32.6 Å². The molecule has 0 radical (unpaired) electrons. The number of para-hydroxylation sites is 3. The zero-order chi connectivity index (χ0) is 32.2. The fourth-order valence-corrected chi connectivity index (χ4v) is 6.21. The summed E-state index contributed by atoms with van der Waals surface area (Å²) in [5.41, 5.74) is 7.29. The molecule has 2 heterocycles. The molecule has 1 aliphatic heterocycles. The van der Waals surface area contributed by atoms with Crippen molar-refractivity contribution >= 4 is 45.5 Å². The number of rotatable bonds is 10. The van der Waals surface area contributed by atoms with Crippen molar-refractivity contribution in [3.63, 3.8) is 0 Å². The molecule has 6 heteroatoms. The Hall–Kier alpha value is -5.62. The number of hydrogen-bond donors (Lipinski definition) is 0. The summed E-state index contributed by atoms with van der Waals surface area (Å²) in [6.45, 7) is 2.62. The van der Waals surface area contributed by atoms with Gasteiger partial charge in [-0.1, -0.05) is 86.1 Å². The normalized spacial score (nSPS) is 14.9. The molecule has 1 amide bonds. The maximum atomic E-state index is 14.0. The summed E-state index contributed by atoms with van der Waals surface area (Å²) < 4.78 is 13.9. The van der Waals surface area contributed by atoms with Gasteiger partial charge < -0.3 is 14.0 Å². The molecule has 7 rings (SSSR count). The van der Waals surface area contributed by atoms with Crippen molar-refractivity contribution < 1.29 is 14.3 Å². The number of hydrogen-bond acceptors (Lipinski definition) is 4. The maximum absolute atomic E-state index is 14.0. The number of nitrogens with zero attached hydrogens (tertiary/aromatic N) is 3. The van der Waals surface area contributed by atoms with Gasteiger partial charge in [0.2, 0.25) is 0 Å². The molecule has 6 nitrogen and oxygen atoms in total. The Kier molecular flexibility index (Phi) is 8.56. The van der Waals surface area contributed by atoms with Crippen LogP contribution >= 0.6 is 0 Å². The van der Waals surface area contributed by atoms with E-state index in [1.165, 1.54) is 0 Å². The van der Waals surface area contributed by atoms with E-state index in [1.807, 2.05) is 60.7 Å². The van der Waals surface area contributed by atoms with E-state index in [0.29, 0.717) is 19.0 Å². The number of carbonyl (C=O) groups excluding carboxylic acids is 1. The van der Waals surface area contributed by atoms with Crippen LogP contribution in [0.25, 0.3) is 33.6 Å². The number of methoxy groups -OCH3 is 1. The number of aliphatic imine (C=N–C) groups is 1. The van der Waals surface area contributed by atoms with E-state index in [9.17, 15) is 4.79 Å². The van der Waals surface area contributed by atoms with Crippen molar-refractivity contribution in [1.82, 2.24) is 9.47 Å². The number of aryl methyl sites for hydroxylation is 1. The van der Waals surface area contributed by atoms with Crippen molar-refractivity contribution in [1.29, 1.82) is 0 Å². The molecule has 6 aromatic rings. The molecule has 5 aromatic carbocycles. The SMILES string of the molecule is CCCCc1ccccc1/N=C1\O/C(=C/c2ccc3c(c2)c2ccccc2n3-c2ccccc2)C(=O)N1CCc1ccc(OC)cc1. The molecule has 0 spiro atoms. The lowest BCUT2D eigenvalue weighted by atomic mass is 10.1.